The van der Waals surface area contributed by atoms with Gasteiger partial charge in [-0.25, -0.2) is 4.79 Å². The number of ether oxygens (including phenoxy) is 1. The normalized spacial score (nSPS) is 15.8. The van der Waals surface area contributed by atoms with Gasteiger partial charge in [0.25, 0.3) is 0 Å². The molecular formula is C25H34LiN2O4+. The molecule has 2 aromatic carbocycles. The van der Waals surface area contributed by atoms with Crippen LogP contribution in [0.5, 0.6) is 5.75 Å². The van der Waals surface area contributed by atoms with E-state index in [4.69, 9.17) is 9.84 Å². The number of hydrogen-bond donors (Lipinski definition) is 2. The van der Waals surface area contributed by atoms with Crippen molar-refractivity contribution in [2.45, 2.75) is 51.4 Å². The number of carboxylic acids is 1. The zero-order valence-corrected chi connectivity index (χ0v) is 19.8. The molecule has 0 amide bonds. The second kappa shape index (κ2) is 11.8. The molecule has 7 heteroatoms. The van der Waals surface area contributed by atoms with Gasteiger partial charge in [-0.2, -0.15) is 0 Å². The number of piperidine rings is 1. The Morgan fingerprint density at radius 3 is 2.22 bits per heavy atom. The SMILES string of the molecule is CC(C)Oc1ccc(N(C)CCC2(O)CCN(Cc3ccc(C(=O)O)cc3)CC2)cc1.[Li+]. The molecule has 2 N–H and O–H groups in total. The first-order valence-corrected chi connectivity index (χ1v) is 11.0. The minimum Gasteiger partial charge on any atom is -0.491 e. The fourth-order valence-electron chi connectivity index (χ4n) is 3.94. The molecule has 32 heavy (non-hydrogen) atoms. The van der Waals surface area contributed by atoms with E-state index in [1.54, 1.807) is 12.1 Å². The van der Waals surface area contributed by atoms with Crippen LogP contribution in [-0.4, -0.2) is 59.5 Å². The van der Waals surface area contributed by atoms with E-state index >= 15 is 0 Å². The predicted octanol–water partition coefficient (Wildman–Crippen LogP) is 1.03. The van der Waals surface area contributed by atoms with Crippen LogP contribution < -0.4 is 28.5 Å². The van der Waals surface area contributed by atoms with E-state index in [0.717, 1.165) is 62.4 Å². The maximum absolute atomic E-state index is 11.1. The third-order valence-electron chi connectivity index (χ3n) is 5.96. The van der Waals surface area contributed by atoms with Gasteiger partial charge in [-0.1, -0.05) is 12.1 Å². The minimum atomic E-state index is -0.903. The second-order valence-electron chi connectivity index (χ2n) is 8.83. The zero-order chi connectivity index (χ0) is 22.4. The summed E-state index contributed by atoms with van der Waals surface area (Å²) >= 11 is 0. The van der Waals surface area contributed by atoms with Gasteiger partial charge in [0.05, 0.1) is 17.3 Å². The van der Waals surface area contributed by atoms with Gasteiger partial charge in [-0.05, 0) is 75.1 Å². The Balaban J connectivity index is 0.00000363. The van der Waals surface area contributed by atoms with Gasteiger partial charge in [0.15, 0.2) is 0 Å². The van der Waals surface area contributed by atoms with Crippen molar-refractivity contribution in [1.82, 2.24) is 4.90 Å². The number of aliphatic hydroxyl groups is 1. The fourth-order valence-corrected chi connectivity index (χ4v) is 3.94. The third-order valence-corrected chi connectivity index (χ3v) is 5.96. The second-order valence-corrected chi connectivity index (χ2v) is 8.83. The standard InChI is InChI=1S/C25H34N2O4.Li/c1-19(2)31-23-10-8-22(9-11-23)26(3)15-12-25(30)13-16-27(17-14-25)18-20-4-6-21(7-5-20)24(28)29;/h4-11,19,30H,12-18H2,1-3H3,(H,28,29);/q;+1. The van der Waals surface area contributed by atoms with Crippen LogP contribution >= 0.6 is 0 Å². The largest absolute Gasteiger partial charge is 1.00 e. The fraction of sp³-hybridized carbons (Fsp3) is 0.480. The number of rotatable bonds is 9. The quantitative estimate of drug-likeness (QED) is 0.576. The summed E-state index contributed by atoms with van der Waals surface area (Å²) in [5.41, 5.74) is 1.88. The van der Waals surface area contributed by atoms with Gasteiger partial charge in [0, 0.05) is 38.9 Å². The molecule has 168 valence electrons. The smallest absolute Gasteiger partial charge is 0.491 e. The van der Waals surface area contributed by atoms with Crippen molar-refractivity contribution in [3.05, 3.63) is 59.7 Å². The zero-order valence-electron chi connectivity index (χ0n) is 19.8. The number of anilines is 1. The van der Waals surface area contributed by atoms with Crippen molar-refractivity contribution in [2.75, 3.05) is 31.6 Å². The average Bonchev–Trinajstić information content (AvgIpc) is 2.74. The van der Waals surface area contributed by atoms with Crippen molar-refractivity contribution < 1.29 is 38.6 Å². The van der Waals surface area contributed by atoms with E-state index < -0.39 is 11.6 Å². The molecule has 0 radical (unpaired) electrons. The summed E-state index contributed by atoms with van der Waals surface area (Å²) in [4.78, 5) is 15.5. The predicted molar refractivity (Wildman–Crippen MR) is 123 cm³/mol. The van der Waals surface area contributed by atoms with E-state index in [2.05, 4.69) is 29.0 Å². The first-order valence-electron chi connectivity index (χ1n) is 11.0. The molecule has 0 aliphatic carbocycles. The molecule has 0 saturated carbocycles. The van der Waals surface area contributed by atoms with Crippen molar-refractivity contribution >= 4 is 11.7 Å². The van der Waals surface area contributed by atoms with Crippen LogP contribution in [0.25, 0.3) is 0 Å². The molecule has 0 aromatic heterocycles. The molecule has 1 fully saturated rings. The molecule has 3 rings (SSSR count). The summed E-state index contributed by atoms with van der Waals surface area (Å²) in [6.07, 6.45) is 2.38. The Morgan fingerprint density at radius 1 is 1.09 bits per heavy atom. The molecule has 2 aromatic rings. The Hall–Kier alpha value is -1.97. The third kappa shape index (κ3) is 7.56. The molecule has 1 aliphatic rings. The number of hydrogen-bond acceptors (Lipinski definition) is 5. The van der Waals surface area contributed by atoms with E-state index in [1.165, 1.54) is 0 Å². The Bertz CT molecular complexity index is 847. The van der Waals surface area contributed by atoms with Crippen LogP contribution in [0.4, 0.5) is 5.69 Å². The Morgan fingerprint density at radius 2 is 1.69 bits per heavy atom. The number of nitrogens with zero attached hydrogens (tertiary/aromatic N) is 2. The van der Waals surface area contributed by atoms with Crippen molar-refractivity contribution in [1.29, 1.82) is 0 Å². The van der Waals surface area contributed by atoms with Crippen LogP contribution in [0.1, 0.15) is 49.0 Å². The summed E-state index contributed by atoms with van der Waals surface area (Å²) < 4.78 is 5.70. The minimum absolute atomic E-state index is 0. The van der Waals surface area contributed by atoms with E-state index in [0.29, 0.717) is 5.56 Å². The van der Waals surface area contributed by atoms with Crippen molar-refractivity contribution in [2.24, 2.45) is 0 Å². The Kier molecular flexibility index (Phi) is 9.66. The summed E-state index contributed by atoms with van der Waals surface area (Å²) in [6, 6.07) is 15.1. The van der Waals surface area contributed by atoms with E-state index in [-0.39, 0.29) is 25.0 Å². The molecule has 0 bridgehead atoms. The van der Waals surface area contributed by atoms with Gasteiger partial charge < -0.3 is 19.8 Å². The van der Waals surface area contributed by atoms with Crippen molar-refractivity contribution in [3.8, 4) is 5.75 Å². The Labute approximate surface area is 203 Å². The maximum Gasteiger partial charge on any atom is 1.00 e. The van der Waals surface area contributed by atoms with Crippen molar-refractivity contribution in [3.63, 3.8) is 0 Å². The molecule has 0 unspecified atom stereocenters. The first kappa shape index (κ1) is 26.3. The monoisotopic (exact) mass is 433 g/mol. The van der Waals surface area contributed by atoms with Crippen LogP contribution in [-0.2, 0) is 6.54 Å². The number of carboxylic acid groups (broad SMARTS) is 1. The topological polar surface area (TPSA) is 73.2 Å². The molecule has 1 saturated heterocycles. The van der Waals surface area contributed by atoms with Gasteiger partial charge in [0.1, 0.15) is 5.75 Å². The summed E-state index contributed by atoms with van der Waals surface area (Å²) in [5.74, 6) is -0.0323. The number of aromatic carboxylic acids is 1. The van der Waals surface area contributed by atoms with Crippen LogP contribution in [0.3, 0.4) is 0 Å². The number of benzene rings is 2. The molecule has 6 nitrogen and oxygen atoms in total. The summed E-state index contributed by atoms with van der Waals surface area (Å²) in [5, 5.41) is 20.1. The number of likely N-dealkylation sites (tertiary alicyclic amines) is 1. The van der Waals surface area contributed by atoms with Gasteiger partial charge in [-0.3, -0.25) is 4.90 Å². The van der Waals surface area contributed by atoms with Gasteiger partial charge >= 0.3 is 24.8 Å². The summed E-state index contributed by atoms with van der Waals surface area (Å²) in [6.45, 7) is 7.27. The van der Waals surface area contributed by atoms with Crippen LogP contribution in [0.15, 0.2) is 48.5 Å². The van der Waals surface area contributed by atoms with E-state index in [9.17, 15) is 9.90 Å². The molecular weight excluding hydrogens is 399 g/mol. The van der Waals surface area contributed by atoms with Gasteiger partial charge in [-0.15, -0.1) is 0 Å². The molecule has 1 aliphatic heterocycles. The number of carbonyl (C=O) groups is 1. The van der Waals surface area contributed by atoms with Crippen LogP contribution in [0, 0.1) is 0 Å². The maximum atomic E-state index is 11.1. The molecule has 0 atom stereocenters. The van der Waals surface area contributed by atoms with Crippen LogP contribution in [0.2, 0.25) is 0 Å². The molecule has 1 heterocycles. The summed E-state index contributed by atoms with van der Waals surface area (Å²) in [7, 11) is 2.05. The van der Waals surface area contributed by atoms with Gasteiger partial charge in [0.2, 0.25) is 0 Å². The average molecular weight is 433 g/mol. The van der Waals surface area contributed by atoms with E-state index in [1.807, 2.05) is 38.1 Å². The first-order chi connectivity index (χ1) is 14.7. The molecule has 0 spiro atoms.